The van der Waals surface area contributed by atoms with Crippen molar-refractivity contribution in [2.75, 3.05) is 19.6 Å². The van der Waals surface area contributed by atoms with Gasteiger partial charge < -0.3 is 10.0 Å². The maximum atomic E-state index is 11.4. The summed E-state index contributed by atoms with van der Waals surface area (Å²) in [5, 5.41) is 11.4. The van der Waals surface area contributed by atoms with E-state index in [1.54, 1.807) is 0 Å². The van der Waals surface area contributed by atoms with Crippen LogP contribution in [-0.2, 0) is 5.60 Å². The number of hydrogen-bond donors (Lipinski definition) is 1. The molecule has 1 heterocycles. The molecule has 1 fully saturated rings. The van der Waals surface area contributed by atoms with Gasteiger partial charge in [-0.1, -0.05) is 67.1 Å². The molecule has 2 aromatic carbocycles. The number of piperidine rings is 1. The molecule has 0 aromatic heterocycles. The summed E-state index contributed by atoms with van der Waals surface area (Å²) in [7, 11) is 0. The van der Waals surface area contributed by atoms with Crippen LogP contribution in [0.5, 0.6) is 0 Å². The van der Waals surface area contributed by atoms with Gasteiger partial charge in [0.2, 0.25) is 0 Å². The Labute approximate surface area is 139 Å². The standard InChI is InChI=1S/C21H27NO/c1-21(23,19-13-7-3-8-14-19)20(18-11-5-2-6-12-18)17-22-15-9-4-10-16-22/h2-3,5-8,11-14,20,23H,4,9-10,15-17H2,1H3/t20-,21+/m0/s1. The minimum Gasteiger partial charge on any atom is -0.385 e. The largest absolute Gasteiger partial charge is 0.385 e. The van der Waals surface area contributed by atoms with Gasteiger partial charge >= 0.3 is 0 Å². The van der Waals surface area contributed by atoms with E-state index in [9.17, 15) is 5.11 Å². The van der Waals surface area contributed by atoms with Crippen LogP contribution in [0.3, 0.4) is 0 Å². The molecule has 0 spiro atoms. The summed E-state index contributed by atoms with van der Waals surface area (Å²) in [4.78, 5) is 2.51. The Morgan fingerprint density at radius 3 is 2.09 bits per heavy atom. The predicted octanol–water partition coefficient (Wildman–Crippen LogP) is 4.16. The molecular weight excluding hydrogens is 282 g/mol. The minimum atomic E-state index is -0.875. The van der Waals surface area contributed by atoms with Crippen LogP contribution >= 0.6 is 0 Å². The summed E-state index contributed by atoms with van der Waals surface area (Å²) in [6.07, 6.45) is 3.88. The number of hydrogen-bond acceptors (Lipinski definition) is 2. The van der Waals surface area contributed by atoms with Gasteiger partial charge in [0.25, 0.3) is 0 Å². The Morgan fingerprint density at radius 2 is 1.48 bits per heavy atom. The maximum Gasteiger partial charge on any atom is 0.0949 e. The Bertz CT molecular complexity index is 588. The molecule has 0 radical (unpaired) electrons. The van der Waals surface area contributed by atoms with Crippen LogP contribution in [0.25, 0.3) is 0 Å². The lowest BCUT2D eigenvalue weighted by Crippen LogP contribution is -2.41. The van der Waals surface area contributed by atoms with E-state index in [-0.39, 0.29) is 5.92 Å². The highest BCUT2D eigenvalue weighted by Crippen LogP contribution is 2.37. The van der Waals surface area contributed by atoms with Crippen molar-refractivity contribution in [2.45, 2.75) is 37.7 Å². The van der Waals surface area contributed by atoms with Crippen LogP contribution < -0.4 is 0 Å². The molecule has 1 N–H and O–H groups in total. The summed E-state index contributed by atoms with van der Waals surface area (Å²) in [6, 6.07) is 20.6. The van der Waals surface area contributed by atoms with E-state index >= 15 is 0 Å². The molecule has 122 valence electrons. The summed E-state index contributed by atoms with van der Waals surface area (Å²) < 4.78 is 0. The van der Waals surface area contributed by atoms with Crippen molar-refractivity contribution in [3.05, 3.63) is 71.8 Å². The lowest BCUT2D eigenvalue weighted by Gasteiger charge is -2.38. The Kier molecular flexibility index (Phi) is 5.14. The van der Waals surface area contributed by atoms with E-state index < -0.39 is 5.60 Å². The number of benzene rings is 2. The van der Waals surface area contributed by atoms with Gasteiger partial charge in [0.15, 0.2) is 0 Å². The molecule has 0 aliphatic carbocycles. The first-order valence-corrected chi connectivity index (χ1v) is 8.73. The van der Waals surface area contributed by atoms with E-state index in [1.165, 1.54) is 24.8 Å². The van der Waals surface area contributed by atoms with Gasteiger partial charge in [-0.05, 0) is 44.0 Å². The van der Waals surface area contributed by atoms with E-state index in [2.05, 4.69) is 29.2 Å². The molecule has 0 saturated carbocycles. The molecular formula is C21H27NO. The third-order valence-corrected chi connectivity index (χ3v) is 5.13. The molecule has 1 aliphatic rings. The first-order valence-electron chi connectivity index (χ1n) is 8.73. The Morgan fingerprint density at radius 1 is 0.913 bits per heavy atom. The van der Waals surface area contributed by atoms with Gasteiger partial charge in [-0.15, -0.1) is 0 Å². The first kappa shape index (κ1) is 16.2. The molecule has 23 heavy (non-hydrogen) atoms. The summed E-state index contributed by atoms with van der Waals surface area (Å²) in [5.74, 6) is 0.0733. The fourth-order valence-corrected chi connectivity index (χ4v) is 3.67. The second-order valence-electron chi connectivity index (χ2n) is 6.84. The van der Waals surface area contributed by atoms with Crippen molar-refractivity contribution in [3.63, 3.8) is 0 Å². The highest BCUT2D eigenvalue weighted by atomic mass is 16.3. The maximum absolute atomic E-state index is 11.4. The van der Waals surface area contributed by atoms with E-state index in [0.29, 0.717) is 0 Å². The highest BCUT2D eigenvalue weighted by Gasteiger charge is 2.36. The second-order valence-corrected chi connectivity index (χ2v) is 6.84. The van der Waals surface area contributed by atoms with Crippen LogP contribution in [0, 0.1) is 0 Å². The zero-order valence-electron chi connectivity index (χ0n) is 14.0. The van der Waals surface area contributed by atoms with Crippen LogP contribution in [-0.4, -0.2) is 29.6 Å². The molecule has 0 amide bonds. The summed E-state index contributed by atoms with van der Waals surface area (Å²) in [6.45, 7) is 5.16. The van der Waals surface area contributed by atoms with Crippen molar-refractivity contribution < 1.29 is 5.11 Å². The van der Waals surface area contributed by atoms with Gasteiger partial charge in [-0.25, -0.2) is 0 Å². The number of likely N-dealkylation sites (tertiary alicyclic amines) is 1. The lowest BCUT2D eigenvalue weighted by atomic mass is 9.78. The molecule has 3 rings (SSSR count). The van der Waals surface area contributed by atoms with Crippen LogP contribution in [0.4, 0.5) is 0 Å². The van der Waals surface area contributed by atoms with Gasteiger partial charge in [0, 0.05) is 12.5 Å². The normalized spacial score (nSPS) is 19.9. The van der Waals surface area contributed by atoms with E-state index in [0.717, 1.165) is 25.2 Å². The molecule has 2 heteroatoms. The van der Waals surface area contributed by atoms with Crippen LogP contribution in [0.2, 0.25) is 0 Å². The molecule has 1 saturated heterocycles. The quantitative estimate of drug-likeness (QED) is 0.896. The second kappa shape index (κ2) is 7.29. The SMILES string of the molecule is C[C@@](O)(c1ccccc1)[C@@H](CN1CCCCC1)c1ccccc1. The Balaban J connectivity index is 1.91. The monoisotopic (exact) mass is 309 g/mol. The highest BCUT2D eigenvalue weighted by molar-refractivity contribution is 5.31. The lowest BCUT2D eigenvalue weighted by molar-refractivity contribution is 0.0107. The van der Waals surface area contributed by atoms with Gasteiger partial charge in [0.1, 0.15) is 0 Å². The third kappa shape index (κ3) is 3.82. The summed E-state index contributed by atoms with van der Waals surface area (Å²) >= 11 is 0. The molecule has 1 aliphatic heterocycles. The molecule has 2 aromatic rings. The molecule has 0 unspecified atom stereocenters. The average Bonchev–Trinajstić information content (AvgIpc) is 2.62. The number of rotatable bonds is 5. The van der Waals surface area contributed by atoms with Crippen molar-refractivity contribution in [1.82, 2.24) is 4.90 Å². The van der Waals surface area contributed by atoms with Crippen LogP contribution in [0.1, 0.15) is 43.2 Å². The fourth-order valence-electron chi connectivity index (χ4n) is 3.67. The van der Waals surface area contributed by atoms with Crippen LogP contribution in [0.15, 0.2) is 60.7 Å². The number of nitrogens with zero attached hydrogens (tertiary/aromatic N) is 1. The van der Waals surface area contributed by atoms with Gasteiger partial charge in [-0.2, -0.15) is 0 Å². The van der Waals surface area contributed by atoms with Gasteiger partial charge in [0.05, 0.1) is 5.60 Å². The molecule has 2 nitrogen and oxygen atoms in total. The van der Waals surface area contributed by atoms with Crippen molar-refractivity contribution >= 4 is 0 Å². The average molecular weight is 309 g/mol. The van der Waals surface area contributed by atoms with Crippen molar-refractivity contribution in [1.29, 1.82) is 0 Å². The van der Waals surface area contributed by atoms with Crippen molar-refractivity contribution in [2.24, 2.45) is 0 Å². The zero-order chi connectivity index (χ0) is 16.1. The summed E-state index contributed by atoms with van der Waals surface area (Å²) in [5.41, 5.74) is 1.33. The smallest absolute Gasteiger partial charge is 0.0949 e. The zero-order valence-corrected chi connectivity index (χ0v) is 14.0. The fraction of sp³-hybridized carbons (Fsp3) is 0.429. The first-order chi connectivity index (χ1) is 11.2. The van der Waals surface area contributed by atoms with Gasteiger partial charge in [-0.3, -0.25) is 0 Å². The van der Waals surface area contributed by atoms with E-state index in [4.69, 9.17) is 0 Å². The van der Waals surface area contributed by atoms with Crippen molar-refractivity contribution in [3.8, 4) is 0 Å². The Hall–Kier alpha value is -1.64. The molecule has 0 bridgehead atoms. The van der Waals surface area contributed by atoms with E-state index in [1.807, 2.05) is 43.3 Å². The molecule has 2 atom stereocenters. The number of aliphatic hydroxyl groups is 1. The third-order valence-electron chi connectivity index (χ3n) is 5.13. The minimum absolute atomic E-state index is 0.0733. The predicted molar refractivity (Wildman–Crippen MR) is 95.5 cm³/mol. The topological polar surface area (TPSA) is 23.5 Å².